The van der Waals surface area contributed by atoms with E-state index < -0.39 is 0 Å². The molecule has 2 aromatic heterocycles. The molecule has 0 aliphatic heterocycles. The maximum Gasteiger partial charge on any atom is 0.0541 e. The molecule has 0 aliphatic carbocycles. The van der Waals surface area contributed by atoms with Gasteiger partial charge in [-0.15, -0.1) is 0 Å². The van der Waals surface area contributed by atoms with Crippen LogP contribution >= 0.6 is 0 Å². The Hall–Kier alpha value is -4.30. The van der Waals surface area contributed by atoms with Gasteiger partial charge in [0.05, 0.1) is 11.0 Å². The summed E-state index contributed by atoms with van der Waals surface area (Å²) in [5.41, 5.74) is 9.96. The summed E-state index contributed by atoms with van der Waals surface area (Å²) in [4.78, 5) is 3.60. The number of aryl methyl sites for hydroxylation is 1. The van der Waals surface area contributed by atoms with E-state index in [4.69, 9.17) is 0 Å². The maximum atomic E-state index is 3.60. The second kappa shape index (κ2) is 7.89. The van der Waals surface area contributed by atoms with E-state index in [0.717, 1.165) is 12.8 Å². The molecule has 2 heterocycles. The fraction of sp³-hybridized carbons (Fsp3) is 0.0909. The molecule has 0 spiro atoms. The SMILES string of the molecule is CCCc1ccc2[nH]c3ccc(-c4ccc5c(c4)c4ccccc4n5-c4ccccc4)cc3c2c1. The Morgan fingerprint density at radius 1 is 0.571 bits per heavy atom. The summed E-state index contributed by atoms with van der Waals surface area (Å²) in [6, 6.07) is 39.9. The van der Waals surface area contributed by atoms with Crippen molar-refractivity contribution in [2.45, 2.75) is 19.8 Å². The quantitative estimate of drug-likeness (QED) is 0.276. The predicted molar refractivity (Wildman–Crippen MR) is 150 cm³/mol. The smallest absolute Gasteiger partial charge is 0.0541 e. The highest BCUT2D eigenvalue weighted by molar-refractivity contribution is 6.11. The van der Waals surface area contributed by atoms with Crippen molar-refractivity contribution in [2.75, 3.05) is 0 Å². The van der Waals surface area contributed by atoms with Gasteiger partial charge in [0.15, 0.2) is 0 Å². The van der Waals surface area contributed by atoms with Crippen molar-refractivity contribution in [1.29, 1.82) is 0 Å². The van der Waals surface area contributed by atoms with Crippen LogP contribution in [-0.4, -0.2) is 9.55 Å². The molecule has 0 radical (unpaired) electrons. The topological polar surface area (TPSA) is 20.7 Å². The lowest BCUT2D eigenvalue weighted by Gasteiger charge is -2.08. The summed E-state index contributed by atoms with van der Waals surface area (Å²) in [5, 5.41) is 5.17. The number of nitrogens with zero attached hydrogens (tertiary/aromatic N) is 1. The summed E-state index contributed by atoms with van der Waals surface area (Å²) in [6.45, 7) is 2.24. The van der Waals surface area contributed by atoms with Crippen molar-refractivity contribution < 1.29 is 0 Å². The van der Waals surface area contributed by atoms with Gasteiger partial charge in [0.25, 0.3) is 0 Å². The molecule has 0 saturated heterocycles. The van der Waals surface area contributed by atoms with Gasteiger partial charge >= 0.3 is 0 Å². The Bertz CT molecular complexity index is 1850. The zero-order valence-electron chi connectivity index (χ0n) is 19.8. The van der Waals surface area contributed by atoms with E-state index in [-0.39, 0.29) is 0 Å². The van der Waals surface area contributed by atoms with Crippen LogP contribution in [0.15, 0.2) is 109 Å². The molecule has 0 aliphatic rings. The number of hydrogen-bond acceptors (Lipinski definition) is 0. The van der Waals surface area contributed by atoms with Crippen molar-refractivity contribution in [3.63, 3.8) is 0 Å². The fourth-order valence-corrected chi connectivity index (χ4v) is 5.58. The zero-order valence-corrected chi connectivity index (χ0v) is 19.8. The maximum absolute atomic E-state index is 3.60. The van der Waals surface area contributed by atoms with Crippen LogP contribution in [0.5, 0.6) is 0 Å². The van der Waals surface area contributed by atoms with Gasteiger partial charge in [-0.3, -0.25) is 0 Å². The summed E-state index contributed by atoms with van der Waals surface area (Å²) in [6.07, 6.45) is 2.28. The Kier molecular flexibility index (Phi) is 4.53. The largest absolute Gasteiger partial charge is 0.355 e. The second-order valence-electron chi connectivity index (χ2n) is 9.44. The molecule has 0 amide bonds. The normalized spacial score (nSPS) is 11.8. The minimum Gasteiger partial charge on any atom is -0.355 e. The van der Waals surface area contributed by atoms with Crippen LogP contribution in [0.4, 0.5) is 0 Å². The first-order valence-electron chi connectivity index (χ1n) is 12.4. The average Bonchev–Trinajstić information content (AvgIpc) is 3.44. The molecule has 1 N–H and O–H groups in total. The van der Waals surface area contributed by atoms with Gasteiger partial charge < -0.3 is 9.55 Å². The summed E-state index contributed by atoms with van der Waals surface area (Å²) < 4.78 is 2.37. The highest BCUT2D eigenvalue weighted by atomic mass is 15.0. The molecule has 2 heteroatoms. The molecular formula is C33H26N2. The minimum atomic E-state index is 1.12. The number of rotatable bonds is 4. The number of aromatic amines is 1. The standard InChI is InChI=1S/C33H26N2/c1-2-8-22-13-16-30-27(19-22)28-20-23(14-17-31(28)34-30)24-15-18-33-29(21-24)26-11-6-7-12-32(26)35(33)25-9-4-3-5-10-25/h3-7,9-21,34H,2,8H2,1H3. The van der Waals surface area contributed by atoms with Gasteiger partial charge in [-0.2, -0.15) is 0 Å². The van der Waals surface area contributed by atoms with Crippen LogP contribution in [0.1, 0.15) is 18.9 Å². The third-order valence-corrected chi connectivity index (χ3v) is 7.22. The Balaban J connectivity index is 1.44. The zero-order chi connectivity index (χ0) is 23.4. The summed E-state index contributed by atoms with van der Waals surface area (Å²) in [5.74, 6) is 0. The van der Waals surface area contributed by atoms with Crippen LogP contribution in [0.25, 0.3) is 60.4 Å². The molecule has 2 nitrogen and oxygen atoms in total. The van der Waals surface area contributed by atoms with E-state index in [0.29, 0.717) is 0 Å². The molecule has 7 aromatic rings. The molecule has 5 aromatic carbocycles. The Morgan fingerprint density at radius 2 is 1.23 bits per heavy atom. The lowest BCUT2D eigenvalue weighted by molar-refractivity contribution is 0.924. The van der Waals surface area contributed by atoms with E-state index in [9.17, 15) is 0 Å². The number of aromatic nitrogens is 2. The van der Waals surface area contributed by atoms with E-state index in [2.05, 4.69) is 126 Å². The van der Waals surface area contributed by atoms with E-state index >= 15 is 0 Å². The lowest BCUT2D eigenvalue weighted by atomic mass is 10.00. The van der Waals surface area contributed by atoms with Crippen LogP contribution in [0.3, 0.4) is 0 Å². The molecular weight excluding hydrogens is 424 g/mol. The Morgan fingerprint density at radius 3 is 2.06 bits per heavy atom. The first kappa shape index (κ1) is 20.1. The molecule has 0 saturated carbocycles. The minimum absolute atomic E-state index is 1.12. The summed E-state index contributed by atoms with van der Waals surface area (Å²) in [7, 11) is 0. The molecule has 35 heavy (non-hydrogen) atoms. The third kappa shape index (κ3) is 3.18. The van der Waals surface area contributed by atoms with Gasteiger partial charge in [0.1, 0.15) is 0 Å². The number of para-hydroxylation sites is 2. The van der Waals surface area contributed by atoms with Crippen molar-refractivity contribution in [3.8, 4) is 16.8 Å². The Labute approximate surface area is 204 Å². The molecule has 7 rings (SSSR count). The van der Waals surface area contributed by atoms with E-state index in [1.54, 1.807) is 0 Å². The molecule has 0 atom stereocenters. The van der Waals surface area contributed by atoms with Gasteiger partial charge in [-0.1, -0.05) is 67.9 Å². The number of benzene rings is 5. The highest BCUT2D eigenvalue weighted by Gasteiger charge is 2.13. The molecule has 0 unspecified atom stereocenters. The van der Waals surface area contributed by atoms with Crippen LogP contribution in [0.2, 0.25) is 0 Å². The first-order valence-corrected chi connectivity index (χ1v) is 12.4. The van der Waals surface area contributed by atoms with Crippen LogP contribution < -0.4 is 0 Å². The second-order valence-corrected chi connectivity index (χ2v) is 9.44. The van der Waals surface area contributed by atoms with Crippen molar-refractivity contribution in [3.05, 3.63) is 115 Å². The van der Waals surface area contributed by atoms with E-state index in [1.807, 2.05) is 0 Å². The van der Waals surface area contributed by atoms with Gasteiger partial charge in [-0.05, 0) is 77.7 Å². The monoisotopic (exact) mass is 450 g/mol. The van der Waals surface area contributed by atoms with Crippen molar-refractivity contribution >= 4 is 43.6 Å². The molecule has 0 bridgehead atoms. The number of nitrogens with one attached hydrogen (secondary N) is 1. The van der Waals surface area contributed by atoms with Crippen molar-refractivity contribution in [1.82, 2.24) is 9.55 Å². The van der Waals surface area contributed by atoms with Crippen LogP contribution in [0, 0.1) is 0 Å². The first-order chi connectivity index (χ1) is 17.3. The van der Waals surface area contributed by atoms with Gasteiger partial charge in [0, 0.05) is 38.3 Å². The molecule has 0 fully saturated rings. The average molecular weight is 451 g/mol. The number of hydrogen-bond donors (Lipinski definition) is 1. The lowest BCUT2D eigenvalue weighted by Crippen LogP contribution is -1.92. The van der Waals surface area contributed by atoms with E-state index in [1.165, 1.54) is 66.0 Å². The van der Waals surface area contributed by atoms with Gasteiger partial charge in [-0.25, -0.2) is 0 Å². The molecule has 168 valence electrons. The fourth-order valence-electron chi connectivity index (χ4n) is 5.58. The van der Waals surface area contributed by atoms with Crippen molar-refractivity contribution in [2.24, 2.45) is 0 Å². The van der Waals surface area contributed by atoms with Crippen LogP contribution in [-0.2, 0) is 6.42 Å². The predicted octanol–water partition coefficient (Wildman–Crippen LogP) is 9.04. The summed E-state index contributed by atoms with van der Waals surface area (Å²) >= 11 is 0. The third-order valence-electron chi connectivity index (χ3n) is 7.22. The highest BCUT2D eigenvalue weighted by Crippen LogP contribution is 2.36. The van der Waals surface area contributed by atoms with Gasteiger partial charge in [0.2, 0.25) is 0 Å². The number of fused-ring (bicyclic) bond motifs is 6. The number of H-pyrrole nitrogens is 1.